The van der Waals surface area contributed by atoms with Gasteiger partial charge in [-0.3, -0.25) is 14.4 Å². The Morgan fingerprint density at radius 3 is 2.26 bits per heavy atom. The molecule has 252 valence electrons. The van der Waals surface area contributed by atoms with E-state index in [9.17, 15) is 19.2 Å². The molecule has 0 unspecified atom stereocenters. The first-order chi connectivity index (χ1) is 22.1. The van der Waals surface area contributed by atoms with Crippen molar-refractivity contribution in [2.75, 3.05) is 32.5 Å². The zero-order valence-electron chi connectivity index (χ0n) is 28.6. The zero-order valence-corrected chi connectivity index (χ0v) is 28.6. The highest BCUT2D eigenvalue weighted by Crippen LogP contribution is 2.20. The third-order valence-corrected chi connectivity index (χ3v) is 7.64. The molecule has 0 saturated carbocycles. The topological polar surface area (TPSA) is 134 Å². The molecule has 0 aliphatic rings. The first kappa shape index (κ1) is 36.8. The summed E-state index contributed by atoms with van der Waals surface area (Å²) in [6.07, 6.45) is 3.78. The van der Waals surface area contributed by atoms with E-state index in [-0.39, 0.29) is 24.3 Å². The highest BCUT2D eigenvalue weighted by atomic mass is 16.6. The van der Waals surface area contributed by atoms with E-state index in [1.165, 1.54) is 11.0 Å². The lowest BCUT2D eigenvalue weighted by Gasteiger charge is -2.31. The summed E-state index contributed by atoms with van der Waals surface area (Å²) >= 11 is 0. The number of para-hydroxylation sites is 1. The number of nitrogens with zero attached hydrogens (tertiary/aromatic N) is 2. The van der Waals surface area contributed by atoms with Crippen molar-refractivity contribution < 1.29 is 23.9 Å². The van der Waals surface area contributed by atoms with Gasteiger partial charge >= 0.3 is 6.09 Å². The number of likely N-dealkylation sites (N-methyl/N-ethyl adjacent to an activating group) is 2. The number of fused-ring (bicyclic) bond motifs is 1. The van der Waals surface area contributed by atoms with Gasteiger partial charge in [0, 0.05) is 38.3 Å². The molecule has 0 heterocycles. The van der Waals surface area contributed by atoms with Crippen molar-refractivity contribution >= 4 is 40.3 Å². The van der Waals surface area contributed by atoms with Gasteiger partial charge in [0.1, 0.15) is 11.6 Å². The van der Waals surface area contributed by atoms with Gasteiger partial charge in [0.05, 0.1) is 6.54 Å². The molecule has 0 aliphatic heterocycles. The number of rotatable bonds is 13. The molecule has 0 radical (unpaired) electrons. The fourth-order valence-electron chi connectivity index (χ4n) is 5.05. The molecule has 0 aliphatic carbocycles. The van der Waals surface area contributed by atoms with E-state index in [0.717, 1.165) is 21.9 Å². The molecule has 47 heavy (non-hydrogen) atoms. The van der Waals surface area contributed by atoms with Crippen molar-refractivity contribution in [2.24, 2.45) is 5.73 Å². The standard InChI is InChI=1S/C37H49N5O5/c1-36(2,3)47-35(46)40-37(4,5)21-12-17-33(44)42(7)31(24-26-18-19-27-13-8-9-15-29(27)23-26)34(45)41(6)22-20-28-14-10-11-16-30(28)39-32(43)25-38/h8-19,23,31H,20-22,24-25,38H2,1-7H3,(H,39,43)(H,40,46)/b17-12+/t31-/m1/s1. The summed E-state index contributed by atoms with van der Waals surface area (Å²) in [6.45, 7) is 9.31. The Morgan fingerprint density at radius 1 is 0.915 bits per heavy atom. The van der Waals surface area contributed by atoms with Gasteiger partial charge in [0.2, 0.25) is 17.7 Å². The lowest BCUT2D eigenvalue weighted by molar-refractivity contribution is -0.141. The van der Waals surface area contributed by atoms with E-state index in [0.29, 0.717) is 31.5 Å². The van der Waals surface area contributed by atoms with Gasteiger partial charge in [-0.25, -0.2) is 4.79 Å². The van der Waals surface area contributed by atoms with Crippen molar-refractivity contribution in [1.29, 1.82) is 0 Å². The summed E-state index contributed by atoms with van der Waals surface area (Å²) in [7, 11) is 3.35. The van der Waals surface area contributed by atoms with E-state index < -0.39 is 23.3 Å². The number of hydrogen-bond acceptors (Lipinski definition) is 6. The molecule has 4 amide bonds. The van der Waals surface area contributed by atoms with Crippen molar-refractivity contribution in [1.82, 2.24) is 15.1 Å². The minimum Gasteiger partial charge on any atom is -0.444 e. The van der Waals surface area contributed by atoms with Gasteiger partial charge in [-0.2, -0.15) is 0 Å². The number of carbonyl (C=O) groups is 4. The van der Waals surface area contributed by atoms with Gasteiger partial charge < -0.3 is 30.9 Å². The summed E-state index contributed by atoms with van der Waals surface area (Å²) in [6, 6.07) is 20.7. The second-order valence-electron chi connectivity index (χ2n) is 13.4. The summed E-state index contributed by atoms with van der Waals surface area (Å²) in [4.78, 5) is 54.8. The summed E-state index contributed by atoms with van der Waals surface area (Å²) in [5.41, 5.74) is 6.63. The smallest absolute Gasteiger partial charge is 0.408 e. The fourth-order valence-corrected chi connectivity index (χ4v) is 5.05. The van der Waals surface area contributed by atoms with Crippen molar-refractivity contribution in [3.63, 3.8) is 0 Å². The Morgan fingerprint density at radius 2 is 1.57 bits per heavy atom. The second kappa shape index (κ2) is 16.2. The molecule has 3 aromatic carbocycles. The Balaban J connectivity index is 1.78. The molecule has 1 atom stereocenters. The van der Waals surface area contributed by atoms with Gasteiger partial charge in [0.15, 0.2) is 0 Å². The third kappa shape index (κ3) is 11.6. The SMILES string of the molecule is CN(CCc1ccccc1NC(=O)CN)C(=O)[C@@H](Cc1ccc2ccccc2c1)N(C)C(=O)/C=C/CC(C)(C)NC(=O)OC(C)(C)C. The number of hydrogen-bond donors (Lipinski definition) is 3. The lowest BCUT2D eigenvalue weighted by Crippen LogP contribution is -2.49. The first-order valence-corrected chi connectivity index (χ1v) is 15.8. The van der Waals surface area contributed by atoms with Gasteiger partial charge in [0.25, 0.3) is 0 Å². The number of anilines is 1. The number of amides is 4. The number of alkyl carbamates (subject to hydrolysis) is 1. The summed E-state index contributed by atoms with van der Waals surface area (Å²) in [5, 5.41) is 7.78. The van der Waals surface area contributed by atoms with Gasteiger partial charge in [-0.15, -0.1) is 0 Å². The zero-order chi connectivity index (χ0) is 34.8. The maximum Gasteiger partial charge on any atom is 0.408 e. The molecule has 4 N–H and O–H groups in total. The van der Waals surface area contributed by atoms with Crippen LogP contribution < -0.4 is 16.4 Å². The highest BCUT2D eigenvalue weighted by Gasteiger charge is 2.29. The van der Waals surface area contributed by atoms with Gasteiger partial charge in [-0.05, 0) is 81.5 Å². The van der Waals surface area contributed by atoms with E-state index in [4.69, 9.17) is 10.5 Å². The average Bonchev–Trinajstić information content (AvgIpc) is 3.00. The van der Waals surface area contributed by atoms with E-state index in [1.54, 1.807) is 51.9 Å². The first-order valence-electron chi connectivity index (χ1n) is 15.8. The van der Waals surface area contributed by atoms with Crippen LogP contribution in [0.4, 0.5) is 10.5 Å². The van der Waals surface area contributed by atoms with E-state index in [2.05, 4.69) is 10.6 Å². The third-order valence-electron chi connectivity index (χ3n) is 7.64. The maximum atomic E-state index is 14.0. The second-order valence-corrected chi connectivity index (χ2v) is 13.4. The molecule has 0 aromatic heterocycles. The van der Waals surface area contributed by atoms with Crippen LogP contribution in [0.15, 0.2) is 78.9 Å². The maximum absolute atomic E-state index is 14.0. The Hall–Kier alpha value is -4.70. The molecule has 0 fully saturated rings. The van der Waals surface area contributed by atoms with Crippen LogP contribution in [0.3, 0.4) is 0 Å². The predicted octanol–water partition coefficient (Wildman–Crippen LogP) is 5.06. The molecule has 3 aromatic rings. The largest absolute Gasteiger partial charge is 0.444 e. The minimum absolute atomic E-state index is 0.129. The van der Waals surface area contributed by atoms with Crippen LogP contribution in [0, 0.1) is 0 Å². The Labute approximate surface area is 278 Å². The molecular weight excluding hydrogens is 594 g/mol. The molecule has 10 heteroatoms. The molecule has 10 nitrogen and oxygen atoms in total. The number of benzene rings is 3. The molecule has 0 saturated heterocycles. The average molecular weight is 644 g/mol. The highest BCUT2D eigenvalue weighted by molar-refractivity contribution is 5.94. The van der Waals surface area contributed by atoms with Crippen LogP contribution in [0.25, 0.3) is 10.8 Å². The van der Waals surface area contributed by atoms with Crippen LogP contribution in [0.1, 0.15) is 52.2 Å². The predicted molar refractivity (Wildman–Crippen MR) is 187 cm³/mol. The number of nitrogens with two attached hydrogens (primary N) is 1. The fraction of sp³-hybridized carbons (Fsp3) is 0.405. The van der Waals surface area contributed by atoms with Crippen LogP contribution >= 0.6 is 0 Å². The number of nitrogens with one attached hydrogen (secondary N) is 2. The summed E-state index contributed by atoms with van der Waals surface area (Å²) < 4.78 is 5.36. The van der Waals surface area contributed by atoms with E-state index in [1.807, 2.05) is 74.5 Å². The Kier molecular flexibility index (Phi) is 12.7. The van der Waals surface area contributed by atoms with Crippen LogP contribution in [-0.2, 0) is 32.0 Å². The summed E-state index contributed by atoms with van der Waals surface area (Å²) in [5.74, 6) is -0.840. The minimum atomic E-state index is -0.779. The number of carbonyl (C=O) groups excluding carboxylic acids is 4. The normalized spacial score (nSPS) is 12.4. The molecular formula is C37H49N5O5. The molecule has 0 bridgehead atoms. The van der Waals surface area contributed by atoms with Crippen LogP contribution in [0.2, 0.25) is 0 Å². The van der Waals surface area contributed by atoms with Crippen molar-refractivity contribution in [2.45, 2.75) is 71.1 Å². The quantitative estimate of drug-likeness (QED) is 0.223. The Bertz CT molecular complexity index is 1590. The lowest BCUT2D eigenvalue weighted by atomic mass is 9.99. The van der Waals surface area contributed by atoms with Crippen LogP contribution in [0.5, 0.6) is 0 Å². The van der Waals surface area contributed by atoms with Crippen molar-refractivity contribution in [3.8, 4) is 0 Å². The van der Waals surface area contributed by atoms with Gasteiger partial charge in [-0.1, -0.05) is 66.7 Å². The van der Waals surface area contributed by atoms with E-state index >= 15 is 0 Å². The number of ether oxygens (including phenoxy) is 1. The van der Waals surface area contributed by atoms with Crippen molar-refractivity contribution in [3.05, 3.63) is 90.0 Å². The molecule has 0 spiro atoms. The molecule has 3 rings (SSSR count). The van der Waals surface area contributed by atoms with Crippen LogP contribution in [-0.4, -0.2) is 78.0 Å². The monoisotopic (exact) mass is 643 g/mol.